The molecule has 6 nitrogen and oxygen atoms in total. The van der Waals surface area contributed by atoms with Crippen LogP contribution in [0.4, 0.5) is 4.39 Å². The lowest BCUT2D eigenvalue weighted by Gasteiger charge is -2.37. The van der Waals surface area contributed by atoms with Gasteiger partial charge in [-0.25, -0.2) is 12.8 Å². The molecule has 8 heteroatoms. The fraction of sp³-hybridized carbons (Fsp3) is 0.500. The van der Waals surface area contributed by atoms with Gasteiger partial charge in [-0.05, 0) is 18.6 Å². The summed E-state index contributed by atoms with van der Waals surface area (Å²) in [6, 6.07) is 6.18. The van der Waals surface area contributed by atoms with Gasteiger partial charge in [0.15, 0.2) is 15.3 Å². The first-order chi connectivity index (χ1) is 12.4. The lowest BCUT2D eigenvalue weighted by Crippen LogP contribution is -2.50. The molecule has 3 heterocycles. The molecule has 1 N–H and O–H groups in total. The minimum absolute atomic E-state index is 0.136. The molecule has 0 aliphatic carbocycles. The van der Waals surface area contributed by atoms with Crippen molar-refractivity contribution in [1.82, 2.24) is 14.8 Å². The van der Waals surface area contributed by atoms with E-state index in [-0.39, 0.29) is 22.7 Å². The Morgan fingerprint density at radius 3 is 2.65 bits per heavy atom. The smallest absolute Gasteiger partial charge is 0.189 e. The molecule has 0 spiro atoms. The van der Waals surface area contributed by atoms with E-state index in [9.17, 15) is 17.6 Å². The highest BCUT2D eigenvalue weighted by Gasteiger charge is 2.33. The van der Waals surface area contributed by atoms with Crippen molar-refractivity contribution in [2.45, 2.75) is 19.0 Å². The van der Waals surface area contributed by atoms with Gasteiger partial charge in [0, 0.05) is 55.9 Å². The highest BCUT2D eigenvalue weighted by molar-refractivity contribution is 7.91. The fourth-order valence-corrected chi connectivity index (χ4v) is 5.73. The highest BCUT2D eigenvalue weighted by atomic mass is 32.2. The van der Waals surface area contributed by atoms with Crippen molar-refractivity contribution in [1.29, 1.82) is 0 Å². The Labute approximate surface area is 151 Å². The van der Waals surface area contributed by atoms with E-state index in [1.54, 1.807) is 6.07 Å². The third-order valence-corrected chi connectivity index (χ3v) is 7.15. The molecule has 2 saturated heterocycles. The second-order valence-electron chi connectivity index (χ2n) is 7.19. The Bertz CT molecular complexity index is 981. The van der Waals surface area contributed by atoms with Gasteiger partial charge in [-0.15, -0.1) is 0 Å². The van der Waals surface area contributed by atoms with Crippen molar-refractivity contribution < 1.29 is 12.8 Å². The Balaban J connectivity index is 1.43. The number of rotatable bonds is 3. The fourth-order valence-electron chi connectivity index (χ4n) is 3.97. The molecule has 0 amide bonds. The van der Waals surface area contributed by atoms with Crippen LogP contribution in [0.2, 0.25) is 0 Å². The van der Waals surface area contributed by atoms with Crippen LogP contribution in [0.5, 0.6) is 0 Å². The number of piperazine rings is 1. The van der Waals surface area contributed by atoms with Crippen LogP contribution in [0.25, 0.3) is 10.9 Å². The maximum absolute atomic E-state index is 14.0. The summed E-state index contributed by atoms with van der Waals surface area (Å²) in [5.41, 5.74) is 0.775. The third kappa shape index (κ3) is 3.54. The number of pyridine rings is 1. The normalized spacial score (nSPS) is 24.3. The molecular formula is C18H22FN3O3S. The zero-order valence-electron chi connectivity index (χ0n) is 14.4. The van der Waals surface area contributed by atoms with Crippen molar-refractivity contribution in [3.63, 3.8) is 0 Å². The number of aromatic amines is 1. The van der Waals surface area contributed by atoms with Crippen LogP contribution in [-0.4, -0.2) is 66.9 Å². The van der Waals surface area contributed by atoms with Gasteiger partial charge in [0.25, 0.3) is 0 Å². The molecule has 1 atom stereocenters. The number of nitrogens with one attached hydrogen (secondary N) is 1. The topological polar surface area (TPSA) is 73.5 Å². The van der Waals surface area contributed by atoms with E-state index in [0.717, 1.165) is 32.6 Å². The standard InChI is InChI=1S/C18H22FN3O3S/c19-16-3-1-2-15-17(23)10-13(20-18(15)16)11-21-5-7-22(8-6-21)14-4-9-26(24,25)12-14/h1-3,10,14H,4-9,11-12H2,(H,20,23). The lowest BCUT2D eigenvalue weighted by molar-refractivity contribution is 0.0993. The molecule has 1 aromatic carbocycles. The van der Waals surface area contributed by atoms with Crippen molar-refractivity contribution in [3.05, 3.63) is 46.0 Å². The Morgan fingerprint density at radius 1 is 1.19 bits per heavy atom. The SMILES string of the molecule is O=c1cc(CN2CCN(C3CCS(=O)(=O)C3)CC2)[nH]c2c(F)cccc12. The predicted octanol–water partition coefficient (Wildman–Crippen LogP) is 0.972. The number of benzene rings is 1. The van der Waals surface area contributed by atoms with Gasteiger partial charge < -0.3 is 4.98 Å². The number of aromatic nitrogens is 1. The number of sulfone groups is 1. The summed E-state index contributed by atoms with van der Waals surface area (Å²) < 4.78 is 37.3. The van der Waals surface area contributed by atoms with Gasteiger partial charge in [-0.3, -0.25) is 14.6 Å². The van der Waals surface area contributed by atoms with Gasteiger partial charge in [-0.2, -0.15) is 0 Å². The first-order valence-electron chi connectivity index (χ1n) is 8.88. The zero-order valence-corrected chi connectivity index (χ0v) is 15.3. The van der Waals surface area contributed by atoms with Gasteiger partial charge in [-0.1, -0.05) is 6.07 Å². The second kappa shape index (κ2) is 6.75. The predicted molar refractivity (Wildman–Crippen MR) is 98.4 cm³/mol. The summed E-state index contributed by atoms with van der Waals surface area (Å²) in [6.07, 6.45) is 0.722. The van der Waals surface area contributed by atoms with Crippen LogP contribution >= 0.6 is 0 Å². The molecule has 26 heavy (non-hydrogen) atoms. The number of hydrogen-bond donors (Lipinski definition) is 1. The summed E-state index contributed by atoms with van der Waals surface area (Å²) in [6.45, 7) is 3.77. The van der Waals surface area contributed by atoms with Crippen LogP contribution in [0.3, 0.4) is 0 Å². The van der Waals surface area contributed by atoms with Crippen LogP contribution in [-0.2, 0) is 16.4 Å². The van der Waals surface area contributed by atoms with E-state index in [4.69, 9.17) is 0 Å². The number of para-hydroxylation sites is 1. The quantitative estimate of drug-likeness (QED) is 0.860. The maximum atomic E-state index is 14.0. The minimum atomic E-state index is -2.87. The largest absolute Gasteiger partial charge is 0.355 e. The minimum Gasteiger partial charge on any atom is -0.355 e. The molecule has 2 fully saturated rings. The van der Waals surface area contributed by atoms with E-state index >= 15 is 0 Å². The summed E-state index contributed by atoms with van der Waals surface area (Å²) in [5, 5.41) is 0.362. The third-order valence-electron chi connectivity index (χ3n) is 5.40. The van der Waals surface area contributed by atoms with Crippen molar-refractivity contribution in [2.24, 2.45) is 0 Å². The number of nitrogens with zero attached hydrogens (tertiary/aromatic N) is 2. The molecular weight excluding hydrogens is 357 g/mol. The van der Waals surface area contributed by atoms with E-state index in [0.29, 0.717) is 23.4 Å². The Morgan fingerprint density at radius 2 is 1.96 bits per heavy atom. The van der Waals surface area contributed by atoms with Gasteiger partial charge in [0.2, 0.25) is 0 Å². The molecule has 0 bridgehead atoms. The van der Waals surface area contributed by atoms with Gasteiger partial charge in [0.05, 0.1) is 17.0 Å². The van der Waals surface area contributed by atoms with E-state index in [2.05, 4.69) is 14.8 Å². The maximum Gasteiger partial charge on any atom is 0.189 e. The molecule has 140 valence electrons. The first-order valence-corrected chi connectivity index (χ1v) is 10.7. The molecule has 2 aliphatic heterocycles. The molecule has 1 aromatic heterocycles. The number of halogens is 1. The summed E-state index contributed by atoms with van der Waals surface area (Å²) in [5.74, 6) is 0.139. The van der Waals surface area contributed by atoms with Crippen LogP contribution in [0.15, 0.2) is 29.1 Å². The summed E-state index contributed by atoms with van der Waals surface area (Å²) >= 11 is 0. The van der Waals surface area contributed by atoms with Crippen LogP contribution in [0.1, 0.15) is 12.1 Å². The average molecular weight is 379 g/mol. The van der Waals surface area contributed by atoms with Gasteiger partial charge >= 0.3 is 0 Å². The molecule has 4 rings (SSSR count). The van der Waals surface area contributed by atoms with E-state index in [1.165, 1.54) is 18.2 Å². The number of hydrogen-bond acceptors (Lipinski definition) is 5. The van der Waals surface area contributed by atoms with E-state index in [1.807, 2.05) is 0 Å². The Hall–Kier alpha value is -1.77. The number of fused-ring (bicyclic) bond motifs is 1. The summed E-state index contributed by atoms with van der Waals surface area (Å²) in [7, 11) is -2.87. The van der Waals surface area contributed by atoms with Crippen molar-refractivity contribution >= 4 is 20.7 Å². The van der Waals surface area contributed by atoms with Crippen LogP contribution in [0, 0.1) is 5.82 Å². The first kappa shape index (κ1) is 17.6. The monoisotopic (exact) mass is 379 g/mol. The van der Waals surface area contributed by atoms with E-state index < -0.39 is 15.7 Å². The van der Waals surface area contributed by atoms with Crippen LogP contribution < -0.4 is 5.43 Å². The van der Waals surface area contributed by atoms with Gasteiger partial charge in [0.1, 0.15) is 5.82 Å². The molecule has 2 aromatic rings. The van der Waals surface area contributed by atoms with Crippen molar-refractivity contribution in [3.8, 4) is 0 Å². The molecule has 0 radical (unpaired) electrons. The zero-order chi connectivity index (χ0) is 18.3. The lowest BCUT2D eigenvalue weighted by atomic mass is 10.1. The number of H-pyrrole nitrogens is 1. The average Bonchev–Trinajstić information content (AvgIpc) is 2.97. The van der Waals surface area contributed by atoms with Crippen molar-refractivity contribution in [2.75, 3.05) is 37.7 Å². The summed E-state index contributed by atoms with van der Waals surface area (Å²) in [4.78, 5) is 19.7. The second-order valence-corrected chi connectivity index (χ2v) is 9.42. The molecule has 2 aliphatic rings. The molecule has 0 saturated carbocycles. The Kier molecular flexibility index (Phi) is 4.58. The highest BCUT2D eigenvalue weighted by Crippen LogP contribution is 2.20. The molecule has 1 unspecified atom stereocenters.